The predicted molar refractivity (Wildman–Crippen MR) is 174 cm³/mol. The van der Waals surface area contributed by atoms with Crippen molar-refractivity contribution in [3.05, 3.63) is 101 Å². The lowest BCUT2D eigenvalue weighted by molar-refractivity contribution is -0.127. The number of amides is 2. The van der Waals surface area contributed by atoms with Gasteiger partial charge in [0.2, 0.25) is 5.91 Å². The van der Waals surface area contributed by atoms with Crippen molar-refractivity contribution in [1.29, 1.82) is 0 Å². The van der Waals surface area contributed by atoms with E-state index in [-0.39, 0.29) is 12.3 Å². The number of carbonyl (C=O) groups is 2. The maximum Gasteiger partial charge on any atom is 0.407 e. The normalized spacial score (nSPS) is 19.8. The minimum atomic E-state index is -1.06. The number of morpholine rings is 1. The van der Waals surface area contributed by atoms with Crippen LogP contribution in [0.5, 0.6) is 5.75 Å². The Morgan fingerprint density at radius 3 is 2.39 bits per heavy atom. The Bertz CT molecular complexity index is 1400. The maximum atomic E-state index is 13.9. The number of carbonyl (C=O) groups excluding carboxylic acids is 2. The molecule has 1 saturated heterocycles. The van der Waals surface area contributed by atoms with E-state index in [4.69, 9.17) is 14.2 Å². The molecule has 1 aliphatic carbocycles. The van der Waals surface area contributed by atoms with E-state index < -0.39 is 36.3 Å². The summed E-state index contributed by atoms with van der Waals surface area (Å²) in [7, 11) is 1.28. The highest BCUT2D eigenvalue weighted by atomic mass is 16.5. The highest BCUT2D eigenvalue weighted by Crippen LogP contribution is 2.32. The zero-order valence-electron chi connectivity index (χ0n) is 26.3. The third kappa shape index (κ3) is 9.29. The van der Waals surface area contributed by atoms with Gasteiger partial charge in [0.15, 0.2) is 0 Å². The third-order valence-corrected chi connectivity index (χ3v) is 8.84. The summed E-state index contributed by atoms with van der Waals surface area (Å²) < 4.78 is 16.2. The van der Waals surface area contributed by atoms with Crippen LogP contribution >= 0.6 is 0 Å². The van der Waals surface area contributed by atoms with Crippen molar-refractivity contribution in [2.24, 2.45) is 5.92 Å². The van der Waals surface area contributed by atoms with Crippen LogP contribution in [0.15, 0.2) is 78.9 Å². The smallest absolute Gasteiger partial charge is 0.407 e. The van der Waals surface area contributed by atoms with E-state index in [2.05, 4.69) is 15.5 Å². The van der Waals surface area contributed by atoms with Crippen LogP contribution in [-0.4, -0.2) is 91.9 Å². The minimum Gasteiger partial charge on any atom is -0.492 e. The molecule has 0 aromatic heterocycles. The van der Waals surface area contributed by atoms with Crippen LogP contribution in [0.4, 0.5) is 4.79 Å². The lowest BCUT2D eigenvalue weighted by Crippen LogP contribution is -2.47. The maximum absolute atomic E-state index is 13.9. The van der Waals surface area contributed by atoms with E-state index in [1.165, 1.54) is 7.11 Å². The van der Waals surface area contributed by atoms with Crippen molar-refractivity contribution >= 4 is 12.0 Å². The molecule has 0 saturated carbocycles. The minimum absolute atomic E-state index is 0.0790. The number of aliphatic hydroxyl groups is 2. The van der Waals surface area contributed by atoms with Gasteiger partial charge in [0.1, 0.15) is 12.4 Å². The highest BCUT2D eigenvalue weighted by Gasteiger charge is 2.35. The van der Waals surface area contributed by atoms with Gasteiger partial charge in [0.25, 0.3) is 0 Å². The zero-order valence-corrected chi connectivity index (χ0v) is 26.3. The first kappa shape index (κ1) is 33.4. The summed E-state index contributed by atoms with van der Waals surface area (Å²) >= 11 is 0. The van der Waals surface area contributed by atoms with Gasteiger partial charge in [0, 0.05) is 32.0 Å². The van der Waals surface area contributed by atoms with Gasteiger partial charge in [-0.15, -0.1) is 0 Å². The van der Waals surface area contributed by atoms with E-state index in [9.17, 15) is 19.8 Å². The van der Waals surface area contributed by atoms with Gasteiger partial charge >= 0.3 is 6.09 Å². The molecule has 4 N–H and O–H groups in total. The summed E-state index contributed by atoms with van der Waals surface area (Å²) in [5.74, 6) is -0.183. The van der Waals surface area contributed by atoms with Crippen LogP contribution in [0.1, 0.15) is 34.7 Å². The largest absolute Gasteiger partial charge is 0.492 e. The molecule has 10 nitrogen and oxygen atoms in total. The second kappa shape index (κ2) is 16.6. The van der Waals surface area contributed by atoms with Crippen molar-refractivity contribution in [1.82, 2.24) is 15.5 Å². The molecular weight excluding hydrogens is 586 g/mol. The number of nitrogens with zero attached hydrogens (tertiary/aromatic N) is 1. The van der Waals surface area contributed by atoms with Crippen LogP contribution < -0.4 is 15.4 Å². The van der Waals surface area contributed by atoms with Crippen molar-refractivity contribution in [3.8, 4) is 5.75 Å². The molecule has 46 heavy (non-hydrogen) atoms. The predicted octanol–water partition coefficient (Wildman–Crippen LogP) is 3.05. The molecule has 10 heteroatoms. The molecule has 0 bridgehead atoms. The summed E-state index contributed by atoms with van der Waals surface area (Å²) in [6.45, 7) is 4.69. The monoisotopic (exact) mass is 631 g/mol. The molecule has 2 aliphatic rings. The second-order valence-electron chi connectivity index (χ2n) is 12.0. The SMILES string of the molecule is COC(=O)NC(Cc1ccccc1)C(O)CC(Cc1ccc(OCCN2CCOCC2)cc1)C(=O)NC1c2ccccc2CC1O. The molecular formula is C36H45N3O7. The Balaban J connectivity index is 1.29. The highest BCUT2D eigenvalue weighted by molar-refractivity contribution is 5.80. The molecule has 2 amide bonds. The third-order valence-electron chi connectivity index (χ3n) is 8.84. The lowest BCUT2D eigenvalue weighted by Gasteiger charge is -2.28. The Kier molecular flexibility index (Phi) is 12.0. The van der Waals surface area contributed by atoms with E-state index in [1.54, 1.807) is 0 Å². The fraction of sp³-hybridized carbons (Fsp3) is 0.444. The molecule has 0 spiro atoms. The van der Waals surface area contributed by atoms with Gasteiger partial charge in [-0.05, 0) is 53.6 Å². The summed E-state index contributed by atoms with van der Waals surface area (Å²) in [6.07, 6.45) is -1.21. The first-order valence-electron chi connectivity index (χ1n) is 16.0. The van der Waals surface area contributed by atoms with Crippen molar-refractivity contribution in [3.63, 3.8) is 0 Å². The summed E-state index contributed by atoms with van der Waals surface area (Å²) in [4.78, 5) is 28.5. The quantitative estimate of drug-likeness (QED) is 0.214. The molecule has 1 fully saturated rings. The van der Waals surface area contributed by atoms with Gasteiger partial charge in [-0.2, -0.15) is 0 Å². The molecule has 0 radical (unpaired) electrons. The fourth-order valence-corrected chi connectivity index (χ4v) is 6.24. The molecule has 3 aromatic rings. The van der Waals surface area contributed by atoms with Crippen LogP contribution in [0.25, 0.3) is 0 Å². The molecule has 5 atom stereocenters. The Morgan fingerprint density at radius 1 is 0.957 bits per heavy atom. The number of hydrogen-bond donors (Lipinski definition) is 4. The Labute approximate surface area is 270 Å². The number of alkyl carbamates (subject to hydrolysis) is 1. The van der Waals surface area contributed by atoms with Crippen LogP contribution in [0.3, 0.4) is 0 Å². The topological polar surface area (TPSA) is 130 Å². The Morgan fingerprint density at radius 2 is 1.65 bits per heavy atom. The average molecular weight is 632 g/mol. The zero-order chi connectivity index (χ0) is 32.3. The number of aliphatic hydroxyl groups excluding tert-OH is 2. The number of methoxy groups -OCH3 is 1. The van der Waals surface area contributed by atoms with E-state index in [0.29, 0.717) is 25.9 Å². The van der Waals surface area contributed by atoms with Crippen LogP contribution in [-0.2, 0) is 33.5 Å². The summed E-state index contributed by atoms with van der Waals surface area (Å²) in [5.41, 5.74) is 3.74. The van der Waals surface area contributed by atoms with Gasteiger partial charge in [-0.25, -0.2) is 4.79 Å². The first-order chi connectivity index (χ1) is 22.4. The van der Waals surface area contributed by atoms with Crippen LogP contribution in [0.2, 0.25) is 0 Å². The summed E-state index contributed by atoms with van der Waals surface area (Å²) in [5, 5.41) is 28.2. The van der Waals surface area contributed by atoms with Crippen LogP contribution in [0, 0.1) is 5.92 Å². The number of nitrogens with one attached hydrogen (secondary N) is 2. The number of rotatable bonds is 14. The van der Waals surface area contributed by atoms with Gasteiger partial charge in [0.05, 0.1) is 44.6 Å². The number of ether oxygens (including phenoxy) is 3. The standard InChI is InChI=1S/C36H45N3O7/c1-44-36(43)37-31(22-25-7-3-2-4-8-25)32(40)24-28(35(42)38-34-30-10-6-5-9-27(30)23-33(34)41)21-26-11-13-29(14-12-26)46-20-17-39-15-18-45-19-16-39/h2-14,28,31-34,40-41H,15-24H2,1H3,(H,37,43)(H,38,42). The molecule has 1 aliphatic heterocycles. The Hall–Kier alpha value is -3.96. The number of benzene rings is 3. The molecule has 3 aromatic carbocycles. The van der Waals surface area contributed by atoms with E-state index >= 15 is 0 Å². The second-order valence-corrected chi connectivity index (χ2v) is 12.0. The molecule has 246 valence electrons. The van der Waals surface area contributed by atoms with Gasteiger partial charge in [-0.3, -0.25) is 9.69 Å². The van der Waals surface area contributed by atoms with Gasteiger partial charge < -0.3 is 35.1 Å². The van der Waals surface area contributed by atoms with E-state index in [1.807, 2.05) is 78.9 Å². The average Bonchev–Trinajstić information content (AvgIpc) is 3.39. The van der Waals surface area contributed by atoms with Gasteiger partial charge in [-0.1, -0.05) is 66.7 Å². The fourth-order valence-electron chi connectivity index (χ4n) is 6.24. The van der Waals surface area contributed by atoms with Crippen molar-refractivity contribution in [2.45, 2.75) is 50.0 Å². The molecule has 1 heterocycles. The first-order valence-corrected chi connectivity index (χ1v) is 16.0. The van der Waals surface area contributed by atoms with Crippen molar-refractivity contribution < 1.29 is 34.0 Å². The number of fused-ring (bicyclic) bond motifs is 1. The van der Waals surface area contributed by atoms with Crippen molar-refractivity contribution in [2.75, 3.05) is 46.6 Å². The summed E-state index contributed by atoms with van der Waals surface area (Å²) in [6, 6.07) is 23.7. The van der Waals surface area contributed by atoms with E-state index in [0.717, 1.165) is 60.9 Å². The molecule has 5 rings (SSSR count). The lowest BCUT2D eigenvalue weighted by atomic mass is 9.88. The number of hydrogen-bond acceptors (Lipinski definition) is 8. The molecule has 5 unspecified atom stereocenters.